The monoisotopic (exact) mass is 323 g/mol. The molecule has 9 heteroatoms. The largest absolute Gasteiger partial charge is 0.458 e. The zero-order valence-corrected chi connectivity index (χ0v) is 13.5. The van der Waals surface area contributed by atoms with Crippen LogP contribution in [0.25, 0.3) is 0 Å². The van der Waals surface area contributed by atoms with E-state index in [2.05, 4.69) is 9.97 Å². The van der Waals surface area contributed by atoms with Crippen LogP contribution in [-0.4, -0.2) is 39.0 Å². The second-order valence-electron chi connectivity index (χ2n) is 6.44. The van der Waals surface area contributed by atoms with Crippen molar-refractivity contribution in [3.8, 4) is 0 Å². The SMILES string of the molecule is CC(C)(C)OC(=O)C1CCCCN1c1ncc([N+](=O)[O-])c(N)n1. The normalized spacial score (nSPS) is 18.6. The first-order valence-electron chi connectivity index (χ1n) is 7.45. The lowest BCUT2D eigenvalue weighted by Gasteiger charge is -2.35. The van der Waals surface area contributed by atoms with E-state index >= 15 is 0 Å². The molecule has 23 heavy (non-hydrogen) atoms. The first-order valence-corrected chi connectivity index (χ1v) is 7.45. The molecule has 0 aliphatic carbocycles. The Hall–Kier alpha value is -2.45. The summed E-state index contributed by atoms with van der Waals surface area (Å²) >= 11 is 0. The van der Waals surface area contributed by atoms with Gasteiger partial charge in [0.1, 0.15) is 17.8 Å². The lowest BCUT2D eigenvalue weighted by Crippen LogP contribution is -2.48. The van der Waals surface area contributed by atoms with Gasteiger partial charge in [0.05, 0.1) is 4.92 Å². The number of nitro groups is 1. The van der Waals surface area contributed by atoms with Gasteiger partial charge in [-0.2, -0.15) is 4.98 Å². The Balaban J connectivity index is 2.26. The topological polar surface area (TPSA) is 124 Å². The highest BCUT2D eigenvalue weighted by Crippen LogP contribution is 2.27. The van der Waals surface area contributed by atoms with E-state index in [0.29, 0.717) is 13.0 Å². The van der Waals surface area contributed by atoms with Crippen LogP contribution >= 0.6 is 0 Å². The smallest absolute Gasteiger partial charge is 0.329 e. The van der Waals surface area contributed by atoms with Crippen molar-refractivity contribution in [1.82, 2.24) is 9.97 Å². The Labute approximate surface area is 134 Å². The molecular formula is C14H21N5O4. The number of hydrogen-bond donors (Lipinski definition) is 1. The number of aromatic nitrogens is 2. The molecule has 0 aromatic carbocycles. The molecule has 126 valence electrons. The molecule has 1 aliphatic rings. The number of piperidine rings is 1. The van der Waals surface area contributed by atoms with Crippen LogP contribution in [0.15, 0.2) is 6.20 Å². The predicted octanol–water partition coefficient (Wildman–Crippen LogP) is 1.67. The van der Waals surface area contributed by atoms with Gasteiger partial charge in [-0.15, -0.1) is 0 Å². The van der Waals surface area contributed by atoms with Gasteiger partial charge < -0.3 is 15.4 Å². The number of esters is 1. The van der Waals surface area contributed by atoms with Crippen LogP contribution in [0.4, 0.5) is 17.5 Å². The van der Waals surface area contributed by atoms with Crippen molar-refractivity contribution < 1.29 is 14.5 Å². The second-order valence-corrected chi connectivity index (χ2v) is 6.44. The van der Waals surface area contributed by atoms with Crippen LogP contribution in [0.1, 0.15) is 40.0 Å². The Bertz CT molecular complexity index is 614. The van der Waals surface area contributed by atoms with Crippen molar-refractivity contribution in [3.63, 3.8) is 0 Å². The Morgan fingerprint density at radius 2 is 2.17 bits per heavy atom. The van der Waals surface area contributed by atoms with Gasteiger partial charge in [-0.05, 0) is 40.0 Å². The van der Waals surface area contributed by atoms with Crippen molar-refractivity contribution in [2.75, 3.05) is 17.2 Å². The Morgan fingerprint density at radius 1 is 1.48 bits per heavy atom. The number of ether oxygens (including phenoxy) is 1. The summed E-state index contributed by atoms with van der Waals surface area (Å²) in [7, 11) is 0. The molecular weight excluding hydrogens is 302 g/mol. The fourth-order valence-corrected chi connectivity index (χ4v) is 2.44. The number of rotatable bonds is 3. The third-order valence-corrected chi connectivity index (χ3v) is 3.42. The highest BCUT2D eigenvalue weighted by molar-refractivity contribution is 5.80. The fourth-order valence-electron chi connectivity index (χ4n) is 2.44. The van der Waals surface area contributed by atoms with E-state index in [9.17, 15) is 14.9 Å². The van der Waals surface area contributed by atoms with Gasteiger partial charge in [0.15, 0.2) is 0 Å². The molecule has 1 aromatic heterocycles. The van der Waals surface area contributed by atoms with Gasteiger partial charge in [-0.1, -0.05) is 0 Å². The molecule has 1 aromatic rings. The lowest BCUT2D eigenvalue weighted by molar-refractivity contribution is -0.384. The van der Waals surface area contributed by atoms with Crippen molar-refractivity contribution >= 4 is 23.4 Å². The predicted molar refractivity (Wildman–Crippen MR) is 83.9 cm³/mol. The average Bonchev–Trinajstić information content (AvgIpc) is 2.45. The van der Waals surface area contributed by atoms with Crippen molar-refractivity contribution in [1.29, 1.82) is 0 Å². The maximum absolute atomic E-state index is 12.4. The van der Waals surface area contributed by atoms with Crippen LogP contribution in [-0.2, 0) is 9.53 Å². The van der Waals surface area contributed by atoms with E-state index in [4.69, 9.17) is 10.5 Å². The van der Waals surface area contributed by atoms with Crippen LogP contribution in [0.3, 0.4) is 0 Å². The molecule has 0 radical (unpaired) electrons. The zero-order valence-electron chi connectivity index (χ0n) is 13.5. The summed E-state index contributed by atoms with van der Waals surface area (Å²) < 4.78 is 5.45. The van der Waals surface area contributed by atoms with Crippen molar-refractivity contribution in [2.45, 2.75) is 51.7 Å². The van der Waals surface area contributed by atoms with E-state index in [1.165, 1.54) is 0 Å². The highest BCUT2D eigenvalue weighted by Gasteiger charge is 2.34. The molecule has 1 atom stereocenters. The molecule has 1 fully saturated rings. The number of nitrogens with zero attached hydrogens (tertiary/aromatic N) is 4. The number of hydrogen-bond acceptors (Lipinski definition) is 8. The maximum atomic E-state index is 12.4. The quantitative estimate of drug-likeness (QED) is 0.506. The van der Waals surface area contributed by atoms with E-state index in [1.807, 2.05) is 0 Å². The number of nitrogens with two attached hydrogens (primary N) is 1. The molecule has 1 saturated heterocycles. The molecule has 2 heterocycles. The fraction of sp³-hybridized carbons (Fsp3) is 0.643. The summed E-state index contributed by atoms with van der Waals surface area (Å²) in [5.41, 5.74) is 4.68. The Kier molecular flexibility index (Phi) is 4.67. The minimum Gasteiger partial charge on any atom is -0.458 e. The first kappa shape index (κ1) is 16.9. The van der Waals surface area contributed by atoms with E-state index in [0.717, 1.165) is 19.0 Å². The van der Waals surface area contributed by atoms with Gasteiger partial charge in [0, 0.05) is 6.54 Å². The van der Waals surface area contributed by atoms with Crippen LogP contribution in [0, 0.1) is 10.1 Å². The summed E-state index contributed by atoms with van der Waals surface area (Å²) in [6.45, 7) is 5.98. The minimum atomic E-state index is -0.638. The molecule has 0 bridgehead atoms. The second kappa shape index (κ2) is 6.35. The van der Waals surface area contributed by atoms with Crippen LogP contribution in [0.2, 0.25) is 0 Å². The molecule has 0 spiro atoms. The first-order chi connectivity index (χ1) is 10.7. The molecule has 1 aliphatic heterocycles. The Morgan fingerprint density at radius 3 is 2.74 bits per heavy atom. The highest BCUT2D eigenvalue weighted by atomic mass is 16.6. The number of nitrogen functional groups attached to an aromatic ring is 1. The maximum Gasteiger partial charge on any atom is 0.329 e. The van der Waals surface area contributed by atoms with Gasteiger partial charge in [0.2, 0.25) is 11.8 Å². The lowest BCUT2D eigenvalue weighted by atomic mass is 10.0. The summed E-state index contributed by atoms with van der Waals surface area (Å²) in [5.74, 6) is -0.352. The van der Waals surface area contributed by atoms with Crippen LogP contribution in [0.5, 0.6) is 0 Å². The number of carbonyl (C=O) groups excluding carboxylic acids is 1. The molecule has 2 rings (SSSR count). The van der Waals surface area contributed by atoms with E-state index in [-0.39, 0.29) is 23.4 Å². The third kappa shape index (κ3) is 4.05. The van der Waals surface area contributed by atoms with Gasteiger partial charge in [0.25, 0.3) is 0 Å². The molecule has 0 amide bonds. The standard InChI is InChI=1S/C14H21N5O4/c1-14(2,3)23-12(20)9-6-4-5-7-18(9)13-16-8-10(19(21)22)11(15)17-13/h8-9H,4-7H2,1-3H3,(H2,15,16,17). The minimum absolute atomic E-state index is 0.212. The summed E-state index contributed by atoms with van der Waals surface area (Å²) in [4.78, 5) is 32.3. The molecule has 1 unspecified atom stereocenters. The van der Waals surface area contributed by atoms with Crippen molar-refractivity contribution in [2.24, 2.45) is 0 Å². The van der Waals surface area contributed by atoms with Gasteiger partial charge in [-0.25, -0.2) is 9.78 Å². The van der Waals surface area contributed by atoms with Gasteiger partial charge in [-0.3, -0.25) is 10.1 Å². The summed E-state index contributed by atoms with van der Waals surface area (Å²) in [6.07, 6.45) is 3.45. The average molecular weight is 323 g/mol. The molecule has 9 nitrogen and oxygen atoms in total. The molecule has 2 N–H and O–H groups in total. The number of carbonyl (C=O) groups is 1. The summed E-state index contributed by atoms with van der Waals surface area (Å²) in [5, 5.41) is 10.8. The van der Waals surface area contributed by atoms with Crippen molar-refractivity contribution in [3.05, 3.63) is 16.3 Å². The third-order valence-electron chi connectivity index (χ3n) is 3.42. The van der Waals surface area contributed by atoms with Crippen LogP contribution < -0.4 is 10.6 Å². The van der Waals surface area contributed by atoms with Gasteiger partial charge >= 0.3 is 11.7 Å². The zero-order chi connectivity index (χ0) is 17.2. The molecule has 0 saturated carbocycles. The van der Waals surface area contributed by atoms with E-state index in [1.54, 1.807) is 25.7 Å². The van der Waals surface area contributed by atoms with E-state index < -0.39 is 16.6 Å². The number of anilines is 2. The summed E-state index contributed by atoms with van der Waals surface area (Å²) in [6, 6.07) is -0.510.